The lowest BCUT2D eigenvalue weighted by atomic mass is 10.1. The Bertz CT molecular complexity index is 1310. The number of benzene rings is 3. The summed E-state index contributed by atoms with van der Waals surface area (Å²) < 4.78 is 45.7. The molecule has 196 valence electrons. The van der Waals surface area contributed by atoms with Crippen molar-refractivity contribution in [2.45, 2.75) is 37.1 Å². The smallest absolute Gasteiger partial charge is 0.269 e. The zero-order valence-electron chi connectivity index (χ0n) is 20.9. The number of nitro groups is 1. The minimum atomic E-state index is -4.15. The number of non-ortho nitro benzene ring substituents is 1. The molecule has 0 fully saturated rings. The Hall–Kier alpha value is -3.73. The first-order chi connectivity index (χ1) is 17.7. The normalized spacial score (nSPS) is 13.1. The molecule has 0 heterocycles. The lowest BCUT2D eigenvalue weighted by Gasteiger charge is -2.34. The van der Waals surface area contributed by atoms with Gasteiger partial charge in [0.05, 0.1) is 30.6 Å². The summed E-state index contributed by atoms with van der Waals surface area (Å²) in [6.07, 6.45) is 0.748. The third kappa shape index (κ3) is 6.73. The van der Waals surface area contributed by atoms with Crippen LogP contribution in [0.15, 0.2) is 90.3 Å². The van der Waals surface area contributed by atoms with Gasteiger partial charge in [-0.15, -0.1) is 0 Å². The molecule has 0 spiro atoms. The van der Waals surface area contributed by atoms with E-state index >= 15 is 0 Å². The van der Waals surface area contributed by atoms with Crippen molar-refractivity contribution in [3.05, 3.63) is 107 Å². The highest BCUT2D eigenvalue weighted by Gasteiger charge is 2.35. The van der Waals surface area contributed by atoms with Gasteiger partial charge in [-0.3, -0.25) is 10.1 Å². The van der Waals surface area contributed by atoms with Gasteiger partial charge in [-0.1, -0.05) is 43.0 Å². The van der Waals surface area contributed by atoms with Gasteiger partial charge in [0.2, 0.25) is 10.0 Å². The van der Waals surface area contributed by atoms with Crippen LogP contribution in [0.25, 0.3) is 0 Å². The van der Waals surface area contributed by atoms with E-state index in [4.69, 9.17) is 14.2 Å². The van der Waals surface area contributed by atoms with Gasteiger partial charge in [-0.25, -0.2) is 8.42 Å². The maximum absolute atomic E-state index is 13.9. The average molecular weight is 527 g/mol. The first-order valence-corrected chi connectivity index (χ1v) is 12.9. The summed E-state index contributed by atoms with van der Waals surface area (Å²) in [7, 11) is -1.08. The van der Waals surface area contributed by atoms with Crippen LogP contribution < -0.4 is 9.47 Å². The number of nitrogens with zero attached hydrogens (tertiary/aromatic N) is 2. The highest BCUT2D eigenvalue weighted by Crippen LogP contribution is 2.30. The fourth-order valence-corrected chi connectivity index (χ4v) is 5.62. The maximum Gasteiger partial charge on any atom is 0.269 e. The summed E-state index contributed by atoms with van der Waals surface area (Å²) >= 11 is 0. The second kappa shape index (κ2) is 12.5. The standard InChI is InChI=1S/C27H30N2O7S/c1-5-27(36-19-21-9-7-6-8-10-21)28(37(32,33)24-14-12-23(13-15-24)29(30)31)20(2)17-22-11-16-25(34-3)26(18-22)35-4/h5-16,18,20,27H,1,17,19H2,2-4H3. The van der Waals surface area contributed by atoms with E-state index in [0.717, 1.165) is 23.3 Å². The first kappa shape index (κ1) is 27.9. The number of hydrogen-bond acceptors (Lipinski definition) is 7. The Morgan fingerprint density at radius 1 is 0.973 bits per heavy atom. The lowest BCUT2D eigenvalue weighted by Crippen LogP contribution is -2.47. The largest absolute Gasteiger partial charge is 0.493 e. The third-order valence-corrected chi connectivity index (χ3v) is 7.74. The molecule has 3 aromatic rings. The van der Waals surface area contributed by atoms with Gasteiger partial charge in [0.1, 0.15) is 6.23 Å². The molecule has 10 heteroatoms. The van der Waals surface area contributed by atoms with Gasteiger partial charge in [0.25, 0.3) is 5.69 Å². The Morgan fingerprint density at radius 3 is 2.19 bits per heavy atom. The van der Waals surface area contributed by atoms with Crippen molar-refractivity contribution in [3.63, 3.8) is 0 Å². The van der Waals surface area contributed by atoms with Gasteiger partial charge in [-0.2, -0.15) is 4.31 Å². The van der Waals surface area contributed by atoms with E-state index in [-0.39, 0.29) is 17.2 Å². The highest BCUT2D eigenvalue weighted by atomic mass is 32.2. The predicted molar refractivity (Wildman–Crippen MR) is 140 cm³/mol. The molecule has 2 unspecified atom stereocenters. The molecule has 0 N–H and O–H groups in total. The molecular formula is C27H30N2O7S. The number of sulfonamides is 1. The van der Waals surface area contributed by atoms with Crippen LogP contribution in [-0.4, -0.2) is 44.1 Å². The van der Waals surface area contributed by atoms with Crippen LogP contribution in [0.3, 0.4) is 0 Å². The van der Waals surface area contributed by atoms with Crippen molar-refractivity contribution in [3.8, 4) is 11.5 Å². The summed E-state index contributed by atoms with van der Waals surface area (Å²) in [5.74, 6) is 1.09. The highest BCUT2D eigenvalue weighted by molar-refractivity contribution is 7.89. The molecule has 0 saturated carbocycles. The molecule has 0 amide bonds. The molecule has 3 rings (SSSR count). The zero-order chi connectivity index (χ0) is 27.0. The number of ether oxygens (including phenoxy) is 3. The van der Waals surface area contributed by atoms with Crippen LogP contribution in [-0.2, 0) is 27.8 Å². The molecule has 9 nitrogen and oxygen atoms in total. The predicted octanol–water partition coefficient (Wildman–Crippen LogP) is 4.96. The van der Waals surface area contributed by atoms with Crippen LogP contribution in [0.2, 0.25) is 0 Å². The minimum Gasteiger partial charge on any atom is -0.493 e. The van der Waals surface area contributed by atoms with E-state index in [0.29, 0.717) is 17.9 Å². The quantitative estimate of drug-likeness (QED) is 0.134. The summed E-state index contributed by atoms with van der Waals surface area (Å²) in [5, 5.41) is 11.1. The molecule has 0 aromatic heterocycles. The van der Waals surface area contributed by atoms with E-state index in [1.54, 1.807) is 19.1 Å². The molecule has 0 radical (unpaired) electrons. The molecule has 2 atom stereocenters. The Morgan fingerprint density at radius 2 is 1.62 bits per heavy atom. The van der Waals surface area contributed by atoms with Gasteiger partial charge in [-0.05, 0) is 54.8 Å². The third-order valence-electron chi connectivity index (χ3n) is 5.75. The minimum absolute atomic E-state index is 0.0903. The fraction of sp³-hybridized carbons (Fsp3) is 0.259. The van der Waals surface area contributed by atoms with Gasteiger partial charge in [0.15, 0.2) is 11.5 Å². The van der Waals surface area contributed by atoms with Crippen molar-refractivity contribution in [1.82, 2.24) is 4.31 Å². The summed E-state index contributed by atoms with van der Waals surface area (Å²) in [6, 6.07) is 18.9. The van der Waals surface area contributed by atoms with Crippen LogP contribution in [0, 0.1) is 10.1 Å². The van der Waals surface area contributed by atoms with Crippen molar-refractivity contribution in [1.29, 1.82) is 0 Å². The monoisotopic (exact) mass is 526 g/mol. The van der Waals surface area contributed by atoms with Crippen LogP contribution >= 0.6 is 0 Å². The number of hydrogen-bond donors (Lipinski definition) is 0. The number of methoxy groups -OCH3 is 2. The summed E-state index contributed by atoms with van der Waals surface area (Å²) in [6.45, 7) is 5.75. The van der Waals surface area contributed by atoms with Crippen molar-refractivity contribution in [2.75, 3.05) is 14.2 Å². The molecule has 37 heavy (non-hydrogen) atoms. The van der Waals surface area contributed by atoms with Gasteiger partial charge < -0.3 is 14.2 Å². The van der Waals surface area contributed by atoms with Crippen LogP contribution in [0.4, 0.5) is 5.69 Å². The molecule has 0 bridgehead atoms. The second-order valence-electron chi connectivity index (χ2n) is 8.25. The lowest BCUT2D eigenvalue weighted by molar-refractivity contribution is -0.384. The topological polar surface area (TPSA) is 108 Å². The Balaban J connectivity index is 1.98. The Kier molecular flexibility index (Phi) is 9.40. The molecule has 0 aliphatic rings. The SMILES string of the molecule is C=CC(OCc1ccccc1)N(C(C)Cc1ccc(OC)c(OC)c1)S(=O)(=O)c1ccc([N+](=O)[O-])cc1. The molecule has 0 aliphatic heterocycles. The molecule has 0 saturated heterocycles. The van der Waals surface area contributed by atoms with E-state index < -0.39 is 27.2 Å². The first-order valence-electron chi connectivity index (χ1n) is 11.5. The van der Waals surface area contributed by atoms with Crippen LogP contribution in [0.5, 0.6) is 11.5 Å². The van der Waals surface area contributed by atoms with Crippen molar-refractivity contribution >= 4 is 15.7 Å². The van der Waals surface area contributed by atoms with E-state index in [1.807, 2.05) is 36.4 Å². The van der Waals surface area contributed by atoms with Crippen molar-refractivity contribution < 1.29 is 27.6 Å². The summed E-state index contributed by atoms with van der Waals surface area (Å²) in [5.41, 5.74) is 1.49. The summed E-state index contributed by atoms with van der Waals surface area (Å²) in [4.78, 5) is 10.4. The van der Waals surface area contributed by atoms with Crippen LogP contribution in [0.1, 0.15) is 18.1 Å². The fourth-order valence-electron chi connectivity index (χ4n) is 3.93. The number of nitro benzene ring substituents is 1. The van der Waals surface area contributed by atoms with E-state index in [2.05, 4.69) is 6.58 Å². The van der Waals surface area contributed by atoms with Gasteiger partial charge in [0, 0.05) is 18.2 Å². The van der Waals surface area contributed by atoms with E-state index in [1.165, 1.54) is 36.7 Å². The molecule has 0 aliphatic carbocycles. The van der Waals surface area contributed by atoms with Gasteiger partial charge >= 0.3 is 0 Å². The maximum atomic E-state index is 13.9. The average Bonchev–Trinajstić information content (AvgIpc) is 2.91. The molecule has 3 aromatic carbocycles. The molecular weight excluding hydrogens is 496 g/mol. The second-order valence-corrected chi connectivity index (χ2v) is 10.1. The zero-order valence-corrected chi connectivity index (χ0v) is 21.8. The Labute approximate surface area is 217 Å². The van der Waals surface area contributed by atoms with E-state index in [9.17, 15) is 18.5 Å². The van der Waals surface area contributed by atoms with Crippen molar-refractivity contribution in [2.24, 2.45) is 0 Å². The number of rotatable bonds is 13.